The van der Waals surface area contributed by atoms with Crippen LogP contribution in [0.5, 0.6) is 0 Å². The van der Waals surface area contributed by atoms with Gasteiger partial charge in [0.05, 0.1) is 29.0 Å². The normalized spacial score (nSPS) is 18.3. The van der Waals surface area contributed by atoms with Crippen LogP contribution < -0.4 is 16.2 Å². The van der Waals surface area contributed by atoms with Gasteiger partial charge in [-0.25, -0.2) is 13.5 Å². The van der Waals surface area contributed by atoms with E-state index in [1.165, 1.54) is 0 Å². The van der Waals surface area contributed by atoms with Crippen molar-refractivity contribution < 1.29 is 18.0 Å². The highest BCUT2D eigenvalue weighted by Gasteiger charge is 2.28. The molecule has 0 aliphatic carbocycles. The van der Waals surface area contributed by atoms with Crippen LogP contribution in [-0.4, -0.2) is 54.5 Å². The van der Waals surface area contributed by atoms with Gasteiger partial charge in [0.15, 0.2) is 9.84 Å². The lowest BCUT2D eigenvalue weighted by Crippen LogP contribution is -2.38. The third-order valence-corrected chi connectivity index (χ3v) is 6.14. The van der Waals surface area contributed by atoms with E-state index in [4.69, 9.17) is 0 Å². The second kappa shape index (κ2) is 7.87. The number of fused-ring (bicyclic) bond motifs is 1. The lowest BCUT2D eigenvalue weighted by molar-refractivity contribution is -0.122. The summed E-state index contributed by atoms with van der Waals surface area (Å²) in [6.07, 6.45) is 0.452. The number of hydrogen-bond donors (Lipinski definition) is 3. The smallest absolute Gasteiger partial charge is 0.272 e. The Hall–Kier alpha value is -2.75. The first-order valence-electron chi connectivity index (χ1n) is 8.57. The third-order valence-electron chi connectivity index (χ3n) is 4.37. The van der Waals surface area contributed by atoms with Crippen molar-refractivity contribution in [2.24, 2.45) is 0 Å². The van der Waals surface area contributed by atoms with Gasteiger partial charge in [0.2, 0.25) is 11.8 Å². The predicted molar refractivity (Wildman–Crippen MR) is 98.9 cm³/mol. The van der Waals surface area contributed by atoms with Gasteiger partial charge in [-0.2, -0.15) is 5.10 Å². The second-order valence-electron chi connectivity index (χ2n) is 6.49. The summed E-state index contributed by atoms with van der Waals surface area (Å²) >= 11 is 0. The maximum Gasteiger partial charge on any atom is 0.272 e. The molecule has 0 saturated carbocycles. The lowest BCUT2D eigenvalue weighted by Gasteiger charge is -2.11. The minimum atomic E-state index is -3.05. The van der Waals surface area contributed by atoms with E-state index >= 15 is 0 Å². The summed E-state index contributed by atoms with van der Waals surface area (Å²) in [6, 6.07) is 6.53. The monoisotopic (exact) mass is 392 g/mol. The van der Waals surface area contributed by atoms with Crippen molar-refractivity contribution >= 4 is 32.4 Å². The predicted octanol–water partition coefficient (Wildman–Crippen LogP) is -0.725. The van der Waals surface area contributed by atoms with E-state index < -0.39 is 9.84 Å². The fourth-order valence-corrected chi connectivity index (χ4v) is 4.72. The maximum atomic E-state index is 12.1. The molecule has 0 bridgehead atoms. The number of hydrogen-bond acceptors (Lipinski definition) is 6. The highest BCUT2D eigenvalue weighted by molar-refractivity contribution is 7.91. The Labute approximate surface area is 155 Å². The van der Waals surface area contributed by atoms with Crippen LogP contribution in [0.25, 0.3) is 10.8 Å². The molecule has 27 heavy (non-hydrogen) atoms. The molecular formula is C17H20N4O5S. The molecule has 2 amide bonds. The van der Waals surface area contributed by atoms with Crippen LogP contribution in [0.3, 0.4) is 0 Å². The number of nitrogens with zero attached hydrogens (tertiary/aromatic N) is 1. The highest BCUT2D eigenvalue weighted by atomic mass is 32.2. The molecule has 9 nitrogen and oxygen atoms in total. The Morgan fingerprint density at radius 2 is 1.93 bits per heavy atom. The topological polar surface area (TPSA) is 138 Å². The molecule has 0 spiro atoms. The van der Waals surface area contributed by atoms with E-state index in [0.717, 1.165) is 0 Å². The fraction of sp³-hybridized carbons (Fsp3) is 0.412. The van der Waals surface area contributed by atoms with Gasteiger partial charge >= 0.3 is 0 Å². The van der Waals surface area contributed by atoms with Crippen LogP contribution in [0, 0.1) is 0 Å². The first-order chi connectivity index (χ1) is 12.8. The summed E-state index contributed by atoms with van der Waals surface area (Å²) in [5.74, 6) is -0.564. The Balaban J connectivity index is 1.49. The molecule has 2 aromatic rings. The molecule has 2 heterocycles. The van der Waals surface area contributed by atoms with Crippen LogP contribution in [0.1, 0.15) is 18.5 Å². The molecule has 3 rings (SSSR count). The van der Waals surface area contributed by atoms with Crippen molar-refractivity contribution in [3.05, 3.63) is 40.3 Å². The summed E-state index contributed by atoms with van der Waals surface area (Å²) in [5, 5.41) is 12.7. The SMILES string of the molecule is O=C(Cc1n[nH]c(=O)c2ccccc12)NCCC(=O)N[C@H]1CCS(=O)(=O)C1. The molecule has 10 heteroatoms. The molecule has 1 saturated heterocycles. The summed E-state index contributed by atoms with van der Waals surface area (Å²) in [7, 11) is -3.05. The Morgan fingerprint density at radius 1 is 1.19 bits per heavy atom. The number of benzene rings is 1. The van der Waals surface area contributed by atoms with Crippen LogP contribution in [0.15, 0.2) is 29.1 Å². The molecule has 1 aliphatic rings. The van der Waals surface area contributed by atoms with E-state index in [9.17, 15) is 22.8 Å². The van der Waals surface area contributed by atoms with Gasteiger partial charge in [0.1, 0.15) is 0 Å². The Kier molecular flexibility index (Phi) is 5.54. The molecule has 1 fully saturated rings. The quantitative estimate of drug-likeness (QED) is 0.593. The molecule has 1 aromatic heterocycles. The Morgan fingerprint density at radius 3 is 2.63 bits per heavy atom. The Bertz CT molecular complexity index is 1030. The summed E-state index contributed by atoms with van der Waals surface area (Å²) < 4.78 is 22.8. The minimum Gasteiger partial charge on any atom is -0.355 e. The van der Waals surface area contributed by atoms with Crippen molar-refractivity contribution in [3.63, 3.8) is 0 Å². The van der Waals surface area contributed by atoms with E-state index in [2.05, 4.69) is 20.8 Å². The van der Waals surface area contributed by atoms with Gasteiger partial charge in [0.25, 0.3) is 5.56 Å². The average molecular weight is 392 g/mol. The average Bonchev–Trinajstić information content (AvgIpc) is 2.96. The molecule has 0 radical (unpaired) electrons. The standard InChI is InChI=1S/C17H20N4O5S/c22-15(19-11-6-8-27(25,26)10-11)5-7-18-16(23)9-14-12-3-1-2-4-13(12)17(24)21-20-14/h1-4,11H,5-10H2,(H,18,23)(H,19,22)(H,21,24)/t11-/m0/s1. The summed E-state index contributed by atoms with van der Waals surface area (Å²) in [4.78, 5) is 35.7. The number of nitrogens with one attached hydrogen (secondary N) is 3. The van der Waals surface area contributed by atoms with Crippen molar-refractivity contribution in [1.29, 1.82) is 0 Å². The molecular weight excluding hydrogens is 372 g/mol. The second-order valence-corrected chi connectivity index (χ2v) is 8.72. The van der Waals surface area contributed by atoms with E-state index in [1.807, 2.05) is 0 Å². The van der Waals surface area contributed by atoms with Crippen molar-refractivity contribution in [2.75, 3.05) is 18.1 Å². The van der Waals surface area contributed by atoms with Crippen molar-refractivity contribution in [1.82, 2.24) is 20.8 Å². The molecule has 1 aliphatic heterocycles. The van der Waals surface area contributed by atoms with Crippen molar-refractivity contribution in [2.45, 2.75) is 25.3 Å². The van der Waals surface area contributed by atoms with Crippen LogP contribution in [0.4, 0.5) is 0 Å². The summed E-state index contributed by atoms with van der Waals surface area (Å²) in [5.41, 5.74) is 0.128. The molecule has 3 N–H and O–H groups in total. The number of carbonyl (C=O) groups excluding carboxylic acids is 2. The van der Waals surface area contributed by atoms with Gasteiger partial charge < -0.3 is 10.6 Å². The number of sulfone groups is 1. The van der Waals surface area contributed by atoms with E-state index in [1.54, 1.807) is 24.3 Å². The zero-order valence-corrected chi connectivity index (χ0v) is 15.3. The number of aromatic amines is 1. The summed E-state index contributed by atoms with van der Waals surface area (Å²) in [6.45, 7) is 0.130. The number of rotatable bonds is 6. The molecule has 1 aromatic carbocycles. The van der Waals surface area contributed by atoms with E-state index in [0.29, 0.717) is 22.9 Å². The largest absolute Gasteiger partial charge is 0.355 e. The van der Waals surface area contributed by atoms with Crippen LogP contribution in [0.2, 0.25) is 0 Å². The number of amides is 2. The number of aromatic nitrogens is 2. The van der Waals surface area contributed by atoms with Gasteiger partial charge in [-0.1, -0.05) is 18.2 Å². The molecule has 144 valence electrons. The van der Waals surface area contributed by atoms with Gasteiger partial charge in [-0.15, -0.1) is 0 Å². The molecule has 0 unspecified atom stereocenters. The zero-order chi connectivity index (χ0) is 19.4. The van der Waals surface area contributed by atoms with Gasteiger partial charge in [-0.05, 0) is 12.5 Å². The highest BCUT2D eigenvalue weighted by Crippen LogP contribution is 2.13. The first kappa shape index (κ1) is 19.0. The number of H-pyrrole nitrogens is 1. The lowest BCUT2D eigenvalue weighted by atomic mass is 10.1. The van der Waals surface area contributed by atoms with Crippen LogP contribution in [-0.2, 0) is 25.8 Å². The van der Waals surface area contributed by atoms with Crippen molar-refractivity contribution in [3.8, 4) is 0 Å². The van der Waals surface area contributed by atoms with E-state index in [-0.39, 0.29) is 54.3 Å². The third kappa shape index (κ3) is 4.91. The zero-order valence-electron chi connectivity index (χ0n) is 14.5. The van der Waals surface area contributed by atoms with Crippen LogP contribution >= 0.6 is 0 Å². The van der Waals surface area contributed by atoms with Gasteiger partial charge in [0, 0.05) is 24.4 Å². The molecule has 1 atom stereocenters. The maximum absolute atomic E-state index is 12.1. The number of carbonyl (C=O) groups is 2. The first-order valence-corrected chi connectivity index (χ1v) is 10.4. The fourth-order valence-electron chi connectivity index (χ4n) is 3.04. The minimum absolute atomic E-state index is 0.0280. The van der Waals surface area contributed by atoms with Gasteiger partial charge in [-0.3, -0.25) is 14.4 Å².